The standard InChI is InChI=1S/C19H13NO4/c21-20(22)16-10-4-1-9-15(16)19-23-17-11-5-2-7-13(17)14-8-3-6-12-18(14)24-19/h1-12,19H. The number of nitro benzene ring substituents is 1. The van der Waals surface area contributed by atoms with Crippen LogP contribution in [-0.4, -0.2) is 4.92 Å². The van der Waals surface area contributed by atoms with Gasteiger partial charge in [-0.15, -0.1) is 0 Å². The van der Waals surface area contributed by atoms with Gasteiger partial charge in [0.15, 0.2) is 0 Å². The third-order valence-corrected chi connectivity index (χ3v) is 3.92. The van der Waals surface area contributed by atoms with Crippen LogP contribution in [0, 0.1) is 10.1 Å². The second-order valence-electron chi connectivity index (χ2n) is 5.38. The molecule has 5 nitrogen and oxygen atoms in total. The Labute approximate surface area is 138 Å². The number of nitro groups is 1. The first-order chi connectivity index (χ1) is 11.7. The molecule has 1 heterocycles. The highest BCUT2D eigenvalue weighted by atomic mass is 16.7. The highest BCUT2D eigenvalue weighted by molar-refractivity contribution is 5.76. The van der Waals surface area contributed by atoms with E-state index < -0.39 is 11.2 Å². The number of nitrogens with zero attached hydrogens (tertiary/aromatic N) is 1. The molecule has 1 aliphatic heterocycles. The van der Waals surface area contributed by atoms with E-state index in [4.69, 9.17) is 9.47 Å². The third-order valence-electron chi connectivity index (χ3n) is 3.92. The highest BCUT2D eigenvalue weighted by Gasteiger charge is 2.29. The van der Waals surface area contributed by atoms with Crippen molar-refractivity contribution >= 4 is 5.69 Å². The number of rotatable bonds is 2. The second kappa shape index (κ2) is 5.70. The van der Waals surface area contributed by atoms with Crippen molar-refractivity contribution < 1.29 is 14.4 Å². The summed E-state index contributed by atoms with van der Waals surface area (Å²) in [4.78, 5) is 10.9. The number of hydrogen-bond acceptors (Lipinski definition) is 4. The maximum absolute atomic E-state index is 11.3. The number of fused-ring (bicyclic) bond motifs is 3. The zero-order valence-corrected chi connectivity index (χ0v) is 12.6. The molecule has 0 saturated heterocycles. The molecule has 0 fully saturated rings. The maximum Gasteiger partial charge on any atom is 0.280 e. The molecule has 118 valence electrons. The van der Waals surface area contributed by atoms with Crippen LogP contribution in [0.4, 0.5) is 5.69 Å². The Balaban J connectivity index is 1.88. The molecule has 0 amide bonds. The van der Waals surface area contributed by atoms with E-state index in [9.17, 15) is 10.1 Å². The SMILES string of the molecule is O=[N+]([O-])c1ccccc1C1Oc2ccccc2-c2ccccc2O1. The van der Waals surface area contributed by atoms with Gasteiger partial charge in [-0.1, -0.05) is 48.5 Å². The molecule has 4 rings (SSSR count). The molecule has 0 N–H and O–H groups in total. The minimum Gasteiger partial charge on any atom is -0.450 e. The summed E-state index contributed by atoms with van der Waals surface area (Å²) >= 11 is 0. The van der Waals surface area contributed by atoms with Crippen molar-refractivity contribution in [3.05, 3.63) is 88.5 Å². The zero-order valence-electron chi connectivity index (χ0n) is 12.6. The van der Waals surface area contributed by atoms with Crippen LogP contribution in [0.3, 0.4) is 0 Å². The molecular formula is C19H13NO4. The number of ether oxygens (including phenoxy) is 2. The molecule has 0 aliphatic carbocycles. The van der Waals surface area contributed by atoms with Gasteiger partial charge in [0.2, 0.25) is 0 Å². The van der Waals surface area contributed by atoms with Crippen molar-refractivity contribution in [3.63, 3.8) is 0 Å². The Morgan fingerprint density at radius 1 is 0.750 bits per heavy atom. The summed E-state index contributed by atoms with van der Waals surface area (Å²) in [5.74, 6) is 1.26. The smallest absolute Gasteiger partial charge is 0.280 e. The number of benzene rings is 3. The lowest BCUT2D eigenvalue weighted by atomic mass is 10.0. The Morgan fingerprint density at radius 3 is 1.83 bits per heavy atom. The maximum atomic E-state index is 11.3. The van der Waals surface area contributed by atoms with Crippen LogP contribution in [0.25, 0.3) is 11.1 Å². The van der Waals surface area contributed by atoms with Gasteiger partial charge in [-0.2, -0.15) is 0 Å². The van der Waals surface area contributed by atoms with Crippen LogP contribution < -0.4 is 9.47 Å². The van der Waals surface area contributed by atoms with Crippen molar-refractivity contribution in [2.24, 2.45) is 0 Å². The van der Waals surface area contributed by atoms with E-state index in [1.807, 2.05) is 48.5 Å². The normalized spacial score (nSPS) is 13.0. The summed E-state index contributed by atoms with van der Waals surface area (Å²) in [5, 5.41) is 11.3. The van der Waals surface area contributed by atoms with E-state index in [2.05, 4.69) is 0 Å². The molecule has 3 aromatic rings. The monoisotopic (exact) mass is 319 g/mol. The fourth-order valence-corrected chi connectivity index (χ4v) is 2.82. The van der Waals surface area contributed by atoms with Gasteiger partial charge in [-0.3, -0.25) is 10.1 Å². The van der Waals surface area contributed by atoms with Crippen molar-refractivity contribution in [3.8, 4) is 22.6 Å². The minimum absolute atomic E-state index is 0.0284. The van der Waals surface area contributed by atoms with Gasteiger partial charge in [-0.05, 0) is 18.2 Å². The summed E-state index contributed by atoms with van der Waals surface area (Å²) in [7, 11) is 0. The Morgan fingerprint density at radius 2 is 1.25 bits per heavy atom. The summed E-state index contributed by atoms with van der Waals surface area (Å²) in [5.41, 5.74) is 2.15. The Kier molecular flexibility index (Phi) is 3.39. The van der Waals surface area contributed by atoms with Crippen molar-refractivity contribution in [1.29, 1.82) is 0 Å². The molecule has 0 atom stereocenters. The number of para-hydroxylation sites is 3. The van der Waals surface area contributed by atoms with Crippen LogP contribution in [0.2, 0.25) is 0 Å². The predicted octanol–water partition coefficient (Wildman–Crippen LogP) is 4.73. The molecule has 5 heteroatoms. The zero-order chi connectivity index (χ0) is 16.5. The van der Waals surface area contributed by atoms with Crippen molar-refractivity contribution in [2.75, 3.05) is 0 Å². The first-order valence-electron chi connectivity index (χ1n) is 7.49. The Bertz CT molecular complexity index is 875. The van der Waals surface area contributed by atoms with E-state index in [-0.39, 0.29) is 5.69 Å². The van der Waals surface area contributed by atoms with Crippen LogP contribution in [0.15, 0.2) is 72.8 Å². The topological polar surface area (TPSA) is 61.6 Å². The molecule has 0 saturated carbocycles. The molecule has 1 aliphatic rings. The van der Waals surface area contributed by atoms with E-state index in [1.54, 1.807) is 18.2 Å². The molecule has 0 unspecified atom stereocenters. The fourth-order valence-electron chi connectivity index (χ4n) is 2.82. The van der Waals surface area contributed by atoms with Gasteiger partial charge < -0.3 is 9.47 Å². The average molecular weight is 319 g/mol. The lowest BCUT2D eigenvalue weighted by Crippen LogP contribution is -2.15. The quantitative estimate of drug-likeness (QED) is 0.506. The number of hydrogen-bond donors (Lipinski definition) is 0. The van der Waals surface area contributed by atoms with Crippen LogP contribution in [0.1, 0.15) is 11.9 Å². The summed E-state index contributed by atoms with van der Waals surface area (Å²) in [6.07, 6.45) is -0.892. The predicted molar refractivity (Wildman–Crippen MR) is 89.0 cm³/mol. The molecule has 3 aromatic carbocycles. The molecular weight excluding hydrogens is 306 g/mol. The summed E-state index contributed by atoms with van der Waals surface area (Å²) < 4.78 is 12.0. The van der Waals surface area contributed by atoms with Gasteiger partial charge in [-0.25, -0.2) is 0 Å². The van der Waals surface area contributed by atoms with Gasteiger partial charge in [0, 0.05) is 17.2 Å². The lowest BCUT2D eigenvalue weighted by Gasteiger charge is -2.18. The molecule has 0 aromatic heterocycles. The third kappa shape index (κ3) is 2.36. The highest BCUT2D eigenvalue weighted by Crippen LogP contribution is 2.43. The minimum atomic E-state index is -0.892. The van der Waals surface area contributed by atoms with Crippen LogP contribution >= 0.6 is 0 Å². The largest absolute Gasteiger partial charge is 0.450 e. The first kappa shape index (κ1) is 14.3. The lowest BCUT2D eigenvalue weighted by molar-refractivity contribution is -0.386. The van der Waals surface area contributed by atoms with E-state index in [0.29, 0.717) is 17.1 Å². The van der Waals surface area contributed by atoms with E-state index >= 15 is 0 Å². The van der Waals surface area contributed by atoms with Gasteiger partial charge in [0.05, 0.1) is 4.92 Å². The molecule has 0 radical (unpaired) electrons. The van der Waals surface area contributed by atoms with Gasteiger partial charge in [0.25, 0.3) is 12.0 Å². The van der Waals surface area contributed by atoms with Gasteiger partial charge >= 0.3 is 0 Å². The average Bonchev–Trinajstić information content (AvgIpc) is 2.78. The van der Waals surface area contributed by atoms with Gasteiger partial charge in [0.1, 0.15) is 17.1 Å². The van der Waals surface area contributed by atoms with Crippen LogP contribution in [-0.2, 0) is 0 Å². The van der Waals surface area contributed by atoms with E-state index in [0.717, 1.165) is 11.1 Å². The molecule has 24 heavy (non-hydrogen) atoms. The van der Waals surface area contributed by atoms with Crippen molar-refractivity contribution in [2.45, 2.75) is 6.29 Å². The first-order valence-corrected chi connectivity index (χ1v) is 7.49. The fraction of sp³-hybridized carbons (Fsp3) is 0.0526. The molecule has 0 bridgehead atoms. The second-order valence-corrected chi connectivity index (χ2v) is 5.38. The summed E-state index contributed by atoms with van der Waals surface area (Å²) in [6.45, 7) is 0. The van der Waals surface area contributed by atoms with E-state index in [1.165, 1.54) is 6.07 Å². The summed E-state index contributed by atoms with van der Waals surface area (Å²) in [6, 6.07) is 21.6. The molecule has 0 spiro atoms. The van der Waals surface area contributed by atoms with Crippen LogP contribution in [0.5, 0.6) is 11.5 Å². The van der Waals surface area contributed by atoms with Crippen molar-refractivity contribution in [1.82, 2.24) is 0 Å². The Hall–Kier alpha value is -3.34.